The third kappa shape index (κ3) is 5.87. The van der Waals surface area contributed by atoms with Gasteiger partial charge in [-0.25, -0.2) is 0 Å². The van der Waals surface area contributed by atoms with E-state index in [1.54, 1.807) is 11.3 Å². The van der Waals surface area contributed by atoms with Crippen LogP contribution in [0.2, 0.25) is 4.34 Å². The van der Waals surface area contributed by atoms with Crippen LogP contribution in [0.5, 0.6) is 0 Å². The summed E-state index contributed by atoms with van der Waals surface area (Å²) in [6, 6.07) is 3.89. The number of amides is 1. The van der Waals surface area contributed by atoms with Gasteiger partial charge in [-0.2, -0.15) is 0 Å². The lowest BCUT2D eigenvalue weighted by atomic mass is 10.2. The normalized spacial score (nSPS) is 10.4. The highest BCUT2D eigenvalue weighted by atomic mass is 79.9. The van der Waals surface area contributed by atoms with Crippen LogP contribution in [0.15, 0.2) is 12.1 Å². The maximum absolute atomic E-state index is 11.4. The first-order valence-corrected chi connectivity index (χ1v) is 7.61. The quantitative estimate of drug-likeness (QED) is 0.602. The largest absolute Gasteiger partial charge is 0.356 e. The minimum atomic E-state index is 0.142. The number of rotatable bonds is 7. The van der Waals surface area contributed by atoms with E-state index in [9.17, 15) is 4.79 Å². The van der Waals surface area contributed by atoms with Gasteiger partial charge < -0.3 is 5.32 Å². The summed E-state index contributed by atoms with van der Waals surface area (Å²) in [5.74, 6) is 0.142. The number of unbranched alkanes of at least 4 members (excludes halogenated alkanes) is 1. The second-order valence-corrected chi connectivity index (χ2v) is 6.04. The number of halogens is 2. The molecule has 0 aromatic carbocycles. The molecule has 1 amide bonds. The molecule has 0 unspecified atom stereocenters. The molecular weight excluding hydrogens is 310 g/mol. The first-order chi connectivity index (χ1) is 7.72. The number of hydrogen-bond donors (Lipinski definition) is 1. The number of carbonyl (C=O) groups excluding carboxylic acids is 1. The third-order valence-electron chi connectivity index (χ3n) is 2.11. The summed E-state index contributed by atoms with van der Waals surface area (Å²) < 4.78 is 0.804. The summed E-state index contributed by atoms with van der Waals surface area (Å²) in [6.07, 6.45) is 3.48. The zero-order valence-electron chi connectivity index (χ0n) is 8.97. The van der Waals surface area contributed by atoms with Crippen LogP contribution in [0.3, 0.4) is 0 Å². The van der Waals surface area contributed by atoms with Gasteiger partial charge in [-0.15, -0.1) is 11.3 Å². The second-order valence-electron chi connectivity index (χ2n) is 3.45. The van der Waals surface area contributed by atoms with Gasteiger partial charge >= 0.3 is 0 Å². The molecule has 16 heavy (non-hydrogen) atoms. The minimum Gasteiger partial charge on any atom is -0.356 e. The summed E-state index contributed by atoms with van der Waals surface area (Å²) in [7, 11) is 0. The molecule has 90 valence electrons. The Labute approximate surface area is 114 Å². The van der Waals surface area contributed by atoms with Gasteiger partial charge in [0.25, 0.3) is 0 Å². The van der Waals surface area contributed by atoms with Gasteiger partial charge in [0.1, 0.15) is 0 Å². The van der Waals surface area contributed by atoms with Gasteiger partial charge in [0, 0.05) is 23.2 Å². The Morgan fingerprint density at radius 1 is 1.44 bits per heavy atom. The summed E-state index contributed by atoms with van der Waals surface area (Å²) in [5.41, 5.74) is 0. The molecule has 2 nitrogen and oxygen atoms in total. The van der Waals surface area contributed by atoms with Gasteiger partial charge in [0.2, 0.25) is 5.91 Å². The topological polar surface area (TPSA) is 29.1 Å². The van der Waals surface area contributed by atoms with E-state index >= 15 is 0 Å². The lowest BCUT2D eigenvalue weighted by Crippen LogP contribution is -2.25. The first-order valence-electron chi connectivity index (χ1n) is 5.29. The molecule has 0 bridgehead atoms. The average Bonchev–Trinajstić information content (AvgIpc) is 2.65. The van der Waals surface area contributed by atoms with Crippen LogP contribution >= 0.6 is 38.9 Å². The fraction of sp³-hybridized carbons (Fsp3) is 0.545. The molecular formula is C11H15BrClNOS. The Morgan fingerprint density at radius 3 is 2.88 bits per heavy atom. The molecule has 0 atom stereocenters. The van der Waals surface area contributed by atoms with Crippen molar-refractivity contribution < 1.29 is 4.79 Å². The van der Waals surface area contributed by atoms with Crippen molar-refractivity contribution in [2.75, 3.05) is 11.9 Å². The Kier molecular flexibility index (Phi) is 7.08. The van der Waals surface area contributed by atoms with E-state index in [1.165, 1.54) is 4.88 Å². The first kappa shape index (κ1) is 14.0. The number of nitrogens with one attached hydrogen (secondary N) is 1. The standard InChI is InChI=1S/C11H15BrClNOS/c12-7-2-1-3-11(15)14-8-6-9-4-5-10(13)16-9/h4-5H,1-3,6-8H2,(H,14,15). The molecule has 0 saturated heterocycles. The van der Waals surface area contributed by atoms with Crippen molar-refractivity contribution in [1.29, 1.82) is 0 Å². The average molecular weight is 325 g/mol. The van der Waals surface area contributed by atoms with E-state index in [-0.39, 0.29) is 5.91 Å². The summed E-state index contributed by atoms with van der Waals surface area (Å²) in [6.45, 7) is 0.698. The van der Waals surface area contributed by atoms with Crippen molar-refractivity contribution in [1.82, 2.24) is 5.32 Å². The molecule has 0 spiro atoms. The van der Waals surface area contributed by atoms with E-state index in [4.69, 9.17) is 11.6 Å². The van der Waals surface area contributed by atoms with Crippen molar-refractivity contribution in [3.05, 3.63) is 21.3 Å². The lowest BCUT2D eigenvalue weighted by Gasteiger charge is -2.03. The maximum Gasteiger partial charge on any atom is 0.220 e. The minimum absolute atomic E-state index is 0.142. The van der Waals surface area contributed by atoms with Crippen LogP contribution in [-0.4, -0.2) is 17.8 Å². The Bertz CT molecular complexity index is 330. The maximum atomic E-state index is 11.4. The predicted molar refractivity (Wildman–Crippen MR) is 73.7 cm³/mol. The Hall–Kier alpha value is -0.0600. The Morgan fingerprint density at radius 2 is 2.25 bits per heavy atom. The van der Waals surface area contributed by atoms with Crippen LogP contribution < -0.4 is 5.32 Å². The summed E-state index contributed by atoms with van der Waals surface area (Å²) >= 11 is 10.7. The highest BCUT2D eigenvalue weighted by Gasteiger charge is 2.01. The van der Waals surface area contributed by atoms with Gasteiger partial charge in [0.05, 0.1) is 4.34 Å². The van der Waals surface area contributed by atoms with Crippen LogP contribution in [0, 0.1) is 0 Å². The molecule has 0 fully saturated rings. The van der Waals surface area contributed by atoms with Gasteiger partial charge in [0.15, 0.2) is 0 Å². The molecule has 0 aliphatic rings. The van der Waals surface area contributed by atoms with Crippen molar-refractivity contribution in [3.8, 4) is 0 Å². The third-order valence-corrected chi connectivity index (χ3v) is 3.96. The van der Waals surface area contributed by atoms with Gasteiger partial charge in [-0.1, -0.05) is 27.5 Å². The summed E-state index contributed by atoms with van der Waals surface area (Å²) in [5, 5.41) is 3.87. The van der Waals surface area contributed by atoms with Crippen molar-refractivity contribution in [2.45, 2.75) is 25.7 Å². The summed E-state index contributed by atoms with van der Waals surface area (Å²) in [4.78, 5) is 12.6. The second kappa shape index (κ2) is 8.09. The molecule has 1 aromatic heterocycles. The van der Waals surface area contributed by atoms with Crippen LogP contribution in [0.1, 0.15) is 24.1 Å². The fourth-order valence-electron chi connectivity index (χ4n) is 1.28. The van der Waals surface area contributed by atoms with E-state index in [0.29, 0.717) is 13.0 Å². The monoisotopic (exact) mass is 323 g/mol. The molecule has 1 aromatic rings. The van der Waals surface area contributed by atoms with Crippen molar-refractivity contribution in [2.24, 2.45) is 0 Å². The van der Waals surface area contributed by atoms with E-state index in [1.807, 2.05) is 12.1 Å². The Balaban J connectivity index is 2.08. The highest BCUT2D eigenvalue weighted by Crippen LogP contribution is 2.21. The fourth-order valence-corrected chi connectivity index (χ4v) is 2.76. The number of hydrogen-bond acceptors (Lipinski definition) is 2. The number of carbonyl (C=O) groups is 1. The molecule has 0 aliphatic carbocycles. The number of alkyl halides is 1. The zero-order valence-corrected chi connectivity index (χ0v) is 12.1. The number of thiophene rings is 1. The molecule has 0 radical (unpaired) electrons. The van der Waals surface area contributed by atoms with E-state index in [0.717, 1.165) is 28.9 Å². The SMILES string of the molecule is O=C(CCCCBr)NCCc1ccc(Cl)s1. The molecule has 0 aliphatic heterocycles. The van der Waals surface area contributed by atoms with Crippen LogP contribution in [-0.2, 0) is 11.2 Å². The highest BCUT2D eigenvalue weighted by molar-refractivity contribution is 9.09. The predicted octanol–water partition coefficient (Wildman–Crippen LogP) is 3.63. The lowest BCUT2D eigenvalue weighted by molar-refractivity contribution is -0.121. The smallest absolute Gasteiger partial charge is 0.220 e. The zero-order chi connectivity index (χ0) is 11.8. The molecule has 1 heterocycles. The molecule has 0 saturated carbocycles. The van der Waals surface area contributed by atoms with Gasteiger partial charge in [-0.05, 0) is 31.4 Å². The van der Waals surface area contributed by atoms with Crippen LogP contribution in [0.25, 0.3) is 0 Å². The van der Waals surface area contributed by atoms with E-state index in [2.05, 4.69) is 21.2 Å². The van der Waals surface area contributed by atoms with E-state index < -0.39 is 0 Å². The van der Waals surface area contributed by atoms with Crippen LogP contribution in [0.4, 0.5) is 0 Å². The molecule has 1 rings (SSSR count). The molecule has 1 N–H and O–H groups in total. The molecule has 5 heteroatoms. The van der Waals surface area contributed by atoms with Crippen molar-refractivity contribution >= 4 is 44.8 Å². The van der Waals surface area contributed by atoms with Crippen molar-refractivity contribution in [3.63, 3.8) is 0 Å². The van der Waals surface area contributed by atoms with Gasteiger partial charge in [-0.3, -0.25) is 4.79 Å².